The van der Waals surface area contributed by atoms with E-state index in [9.17, 15) is 19.2 Å². The number of hydrogen-bond acceptors (Lipinski definition) is 10. The predicted molar refractivity (Wildman–Crippen MR) is 106 cm³/mol. The molecule has 0 aliphatic rings. The zero-order valence-corrected chi connectivity index (χ0v) is 17.2. The molecule has 0 bridgehead atoms. The SMILES string of the molecule is COC(=O)COc1cc2nc(Cl)c(C=O)cc2cc1N(CC(=O)OC)CC(=O)OC. The summed E-state index contributed by atoms with van der Waals surface area (Å²) in [5.41, 5.74) is 0.791. The zero-order chi connectivity index (χ0) is 22.3. The second-order valence-electron chi connectivity index (χ2n) is 5.87. The van der Waals surface area contributed by atoms with E-state index in [4.69, 9.17) is 16.3 Å². The van der Waals surface area contributed by atoms with Gasteiger partial charge in [0, 0.05) is 11.5 Å². The molecule has 0 radical (unpaired) electrons. The highest BCUT2D eigenvalue weighted by molar-refractivity contribution is 6.32. The first-order valence-electron chi connectivity index (χ1n) is 8.50. The molecule has 1 aromatic carbocycles. The molecule has 0 N–H and O–H groups in total. The Hall–Kier alpha value is -3.40. The Bertz CT molecular complexity index is 961. The molecular formula is C19H19ClN2O8. The summed E-state index contributed by atoms with van der Waals surface area (Å²) in [6.45, 7) is -1.06. The van der Waals surface area contributed by atoms with Gasteiger partial charge in [0.2, 0.25) is 0 Å². The molecular weight excluding hydrogens is 420 g/mol. The van der Waals surface area contributed by atoms with Crippen LogP contribution in [0.3, 0.4) is 0 Å². The molecule has 0 aliphatic carbocycles. The van der Waals surface area contributed by atoms with E-state index >= 15 is 0 Å². The molecule has 0 fully saturated rings. The number of ether oxygens (including phenoxy) is 4. The van der Waals surface area contributed by atoms with Gasteiger partial charge in [0.1, 0.15) is 24.0 Å². The Labute approximate surface area is 176 Å². The number of esters is 3. The van der Waals surface area contributed by atoms with Gasteiger partial charge < -0.3 is 23.8 Å². The molecule has 0 atom stereocenters. The standard InChI is InChI=1S/C19H19ClN2O8/c1-27-16(24)7-22(8-17(25)28-2)14-5-11-4-12(9-23)19(20)21-13(11)6-15(14)30-10-18(26)29-3/h4-6,9H,7-8,10H2,1-3H3. The van der Waals surface area contributed by atoms with E-state index < -0.39 is 24.5 Å². The van der Waals surface area contributed by atoms with Crippen LogP contribution in [0.5, 0.6) is 5.75 Å². The van der Waals surface area contributed by atoms with Gasteiger partial charge in [-0.15, -0.1) is 0 Å². The molecule has 11 heteroatoms. The van der Waals surface area contributed by atoms with Gasteiger partial charge in [-0.05, 0) is 12.1 Å². The second-order valence-corrected chi connectivity index (χ2v) is 6.23. The van der Waals surface area contributed by atoms with E-state index in [2.05, 4.69) is 19.2 Å². The normalized spacial score (nSPS) is 10.3. The molecule has 0 aliphatic heterocycles. The van der Waals surface area contributed by atoms with Crippen LogP contribution in [0.25, 0.3) is 10.9 Å². The largest absolute Gasteiger partial charge is 0.480 e. The van der Waals surface area contributed by atoms with Crippen molar-refractivity contribution in [1.82, 2.24) is 4.98 Å². The molecule has 2 aromatic rings. The molecule has 0 spiro atoms. The first kappa shape index (κ1) is 22.9. The third-order valence-electron chi connectivity index (χ3n) is 4.01. The number of halogens is 1. The van der Waals surface area contributed by atoms with Crippen molar-refractivity contribution in [3.63, 3.8) is 0 Å². The Balaban J connectivity index is 2.62. The molecule has 1 aromatic heterocycles. The lowest BCUT2D eigenvalue weighted by Gasteiger charge is -2.25. The van der Waals surface area contributed by atoms with Crippen molar-refractivity contribution < 1.29 is 38.1 Å². The van der Waals surface area contributed by atoms with Crippen LogP contribution < -0.4 is 9.64 Å². The van der Waals surface area contributed by atoms with Gasteiger partial charge in [-0.25, -0.2) is 9.78 Å². The number of fused-ring (bicyclic) bond motifs is 1. The molecule has 0 unspecified atom stereocenters. The highest BCUT2D eigenvalue weighted by Gasteiger charge is 2.22. The maximum Gasteiger partial charge on any atom is 0.343 e. The van der Waals surface area contributed by atoms with Gasteiger partial charge in [0.05, 0.1) is 38.1 Å². The lowest BCUT2D eigenvalue weighted by Crippen LogP contribution is -2.36. The van der Waals surface area contributed by atoms with Gasteiger partial charge in [-0.3, -0.25) is 14.4 Å². The highest BCUT2D eigenvalue weighted by Crippen LogP contribution is 2.34. The summed E-state index contributed by atoms with van der Waals surface area (Å²) in [6.07, 6.45) is 0.552. The van der Waals surface area contributed by atoms with Crippen molar-refractivity contribution in [2.24, 2.45) is 0 Å². The van der Waals surface area contributed by atoms with Crippen LogP contribution in [0.2, 0.25) is 5.15 Å². The van der Waals surface area contributed by atoms with E-state index in [1.807, 2.05) is 0 Å². The minimum atomic E-state index is -0.643. The maximum absolute atomic E-state index is 11.9. The third-order valence-corrected chi connectivity index (χ3v) is 4.31. The van der Waals surface area contributed by atoms with E-state index in [1.54, 1.807) is 6.07 Å². The fraction of sp³-hybridized carbons (Fsp3) is 0.316. The lowest BCUT2D eigenvalue weighted by molar-refractivity contribution is -0.143. The predicted octanol–water partition coefficient (Wildman–Crippen LogP) is 1.40. The van der Waals surface area contributed by atoms with Crippen molar-refractivity contribution in [3.05, 3.63) is 28.9 Å². The second kappa shape index (κ2) is 10.4. The number of anilines is 1. The van der Waals surface area contributed by atoms with Crippen LogP contribution in [0.4, 0.5) is 5.69 Å². The topological polar surface area (TPSA) is 121 Å². The van der Waals surface area contributed by atoms with Crippen molar-refractivity contribution >= 4 is 52.4 Å². The molecule has 0 amide bonds. The summed E-state index contributed by atoms with van der Waals surface area (Å²) >= 11 is 5.99. The molecule has 10 nitrogen and oxygen atoms in total. The number of aromatic nitrogens is 1. The van der Waals surface area contributed by atoms with Crippen LogP contribution in [-0.4, -0.2) is 70.2 Å². The molecule has 0 saturated carbocycles. The summed E-state index contributed by atoms with van der Waals surface area (Å²) in [6, 6.07) is 4.51. The number of hydrogen-bond donors (Lipinski definition) is 0. The van der Waals surface area contributed by atoms with Crippen LogP contribution in [0.1, 0.15) is 10.4 Å². The first-order chi connectivity index (χ1) is 14.3. The van der Waals surface area contributed by atoms with E-state index in [-0.39, 0.29) is 35.2 Å². The Morgan fingerprint density at radius 1 is 1.00 bits per heavy atom. The van der Waals surface area contributed by atoms with E-state index in [1.165, 1.54) is 38.4 Å². The highest BCUT2D eigenvalue weighted by atomic mass is 35.5. The lowest BCUT2D eigenvalue weighted by atomic mass is 10.1. The Morgan fingerprint density at radius 3 is 2.13 bits per heavy atom. The number of carbonyl (C=O) groups excluding carboxylic acids is 4. The van der Waals surface area contributed by atoms with Gasteiger partial charge in [-0.2, -0.15) is 0 Å². The molecule has 2 rings (SSSR count). The van der Waals surface area contributed by atoms with Crippen molar-refractivity contribution in [2.45, 2.75) is 0 Å². The third kappa shape index (κ3) is 5.57. The maximum atomic E-state index is 11.9. The van der Waals surface area contributed by atoms with Gasteiger partial charge in [0.25, 0.3) is 0 Å². The summed E-state index contributed by atoms with van der Waals surface area (Å²) < 4.78 is 19.5. The van der Waals surface area contributed by atoms with E-state index in [0.29, 0.717) is 17.2 Å². The number of pyridine rings is 1. The number of methoxy groups -OCH3 is 3. The van der Waals surface area contributed by atoms with Gasteiger partial charge in [0.15, 0.2) is 12.9 Å². The molecule has 160 valence electrons. The Kier molecular flexibility index (Phi) is 7.93. The summed E-state index contributed by atoms with van der Waals surface area (Å²) in [5.74, 6) is -1.76. The van der Waals surface area contributed by atoms with Crippen LogP contribution >= 0.6 is 11.6 Å². The minimum Gasteiger partial charge on any atom is -0.480 e. The monoisotopic (exact) mass is 438 g/mol. The molecule has 1 heterocycles. The smallest absolute Gasteiger partial charge is 0.343 e. The fourth-order valence-electron chi connectivity index (χ4n) is 2.49. The van der Waals surface area contributed by atoms with E-state index in [0.717, 1.165) is 0 Å². The van der Waals surface area contributed by atoms with Crippen molar-refractivity contribution in [1.29, 1.82) is 0 Å². The molecule has 0 saturated heterocycles. The quantitative estimate of drug-likeness (QED) is 0.246. The number of nitrogens with zero attached hydrogens (tertiary/aromatic N) is 2. The average molecular weight is 439 g/mol. The summed E-state index contributed by atoms with van der Waals surface area (Å²) in [7, 11) is 3.61. The van der Waals surface area contributed by atoms with Crippen LogP contribution in [0, 0.1) is 0 Å². The number of aldehydes is 1. The number of rotatable bonds is 9. The zero-order valence-electron chi connectivity index (χ0n) is 16.5. The minimum absolute atomic E-state index is 0.00912. The molecule has 30 heavy (non-hydrogen) atoms. The average Bonchev–Trinajstić information content (AvgIpc) is 2.75. The van der Waals surface area contributed by atoms with Crippen LogP contribution in [0.15, 0.2) is 18.2 Å². The van der Waals surface area contributed by atoms with Crippen LogP contribution in [-0.2, 0) is 28.6 Å². The Morgan fingerprint density at radius 2 is 1.60 bits per heavy atom. The van der Waals surface area contributed by atoms with Crippen molar-refractivity contribution in [2.75, 3.05) is 45.9 Å². The summed E-state index contributed by atoms with van der Waals surface area (Å²) in [4.78, 5) is 52.0. The number of benzene rings is 1. The summed E-state index contributed by atoms with van der Waals surface area (Å²) in [5, 5.41) is 0.479. The number of carbonyl (C=O) groups is 4. The fourth-order valence-corrected chi connectivity index (χ4v) is 2.68. The van der Waals surface area contributed by atoms with Gasteiger partial charge in [-0.1, -0.05) is 11.6 Å². The first-order valence-corrected chi connectivity index (χ1v) is 8.88. The van der Waals surface area contributed by atoms with Crippen molar-refractivity contribution in [3.8, 4) is 5.75 Å². The van der Waals surface area contributed by atoms with Gasteiger partial charge >= 0.3 is 17.9 Å².